The van der Waals surface area contributed by atoms with Gasteiger partial charge in [-0.1, -0.05) is 40.9 Å². The smallest absolute Gasteiger partial charge is 0.244 e. The molecule has 0 aliphatic heterocycles. The molecule has 1 aromatic carbocycles. The van der Waals surface area contributed by atoms with E-state index in [0.717, 1.165) is 6.42 Å². The van der Waals surface area contributed by atoms with Crippen LogP contribution in [-0.2, 0) is 4.79 Å². The number of hydrogen-bond donors (Lipinski definition) is 1. The summed E-state index contributed by atoms with van der Waals surface area (Å²) >= 11 is 12.1. The average molecular weight is 324 g/mol. The highest BCUT2D eigenvalue weighted by atomic mass is 35.5. The fraction of sp³-hybridized carbons (Fsp3) is 0.353. The normalized spacial score (nSPS) is 15.0. The molecule has 1 N–H and O–H groups in total. The minimum absolute atomic E-state index is 0.123. The fourth-order valence-corrected chi connectivity index (χ4v) is 2.89. The van der Waals surface area contributed by atoms with Gasteiger partial charge >= 0.3 is 0 Å². The largest absolute Gasteiger partial charge is 0.352 e. The van der Waals surface area contributed by atoms with Gasteiger partial charge in [-0.2, -0.15) is 0 Å². The summed E-state index contributed by atoms with van der Waals surface area (Å²) in [7, 11) is 0. The van der Waals surface area contributed by atoms with E-state index >= 15 is 0 Å². The van der Waals surface area contributed by atoms with Crippen LogP contribution in [0.1, 0.15) is 37.7 Å². The van der Waals surface area contributed by atoms with Crippen molar-refractivity contribution in [1.82, 2.24) is 5.32 Å². The number of carbonyl (C=O) groups excluding carboxylic acids is 1. The maximum absolute atomic E-state index is 11.8. The molecule has 0 saturated heterocycles. The van der Waals surface area contributed by atoms with Crippen molar-refractivity contribution in [3.05, 3.63) is 51.5 Å². The van der Waals surface area contributed by atoms with Crippen LogP contribution in [0.4, 0.5) is 0 Å². The average Bonchev–Trinajstić information content (AvgIpc) is 2.48. The zero-order valence-corrected chi connectivity index (χ0v) is 13.4. The molecule has 0 heterocycles. The van der Waals surface area contributed by atoms with Crippen LogP contribution >= 0.6 is 23.2 Å². The molecule has 0 fully saturated rings. The minimum atomic E-state index is -0.123. The van der Waals surface area contributed by atoms with Gasteiger partial charge in [-0.15, -0.1) is 0 Å². The summed E-state index contributed by atoms with van der Waals surface area (Å²) < 4.78 is 0. The maximum Gasteiger partial charge on any atom is 0.244 e. The van der Waals surface area contributed by atoms with E-state index in [2.05, 4.69) is 11.4 Å². The van der Waals surface area contributed by atoms with Gasteiger partial charge in [0.05, 0.1) is 0 Å². The highest BCUT2D eigenvalue weighted by molar-refractivity contribution is 6.37. The summed E-state index contributed by atoms with van der Waals surface area (Å²) in [6.45, 7) is 0.672. The van der Waals surface area contributed by atoms with Gasteiger partial charge in [0.1, 0.15) is 0 Å². The summed E-state index contributed by atoms with van der Waals surface area (Å²) in [5.74, 6) is -0.123. The number of benzene rings is 1. The van der Waals surface area contributed by atoms with Crippen molar-refractivity contribution >= 4 is 35.2 Å². The Morgan fingerprint density at radius 2 is 2.00 bits per heavy atom. The van der Waals surface area contributed by atoms with Crippen LogP contribution in [0.2, 0.25) is 10.0 Å². The van der Waals surface area contributed by atoms with Gasteiger partial charge in [-0.3, -0.25) is 4.79 Å². The number of amides is 1. The Kier molecular flexibility index (Phi) is 6.34. The van der Waals surface area contributed by atoms with Gasteiger partial charge in [-0.05, 0) is 50.3 Å². The lowest BCUT2D eigenvalue weighted by molar-refractivity contribution is -0.116. The molecule has 0 radical (unpaired) electrons. The lowest BCUT2D eigenvalue weighted by Gasteiger charge is -2.12. The van der Waals surface area contributed by atoms with Crippen molar-refractivity contribution in [1.29, 1.82) is 0 Å². The Morgan fingerprint density at radius 3 is 2.67 bits per heavy atom. The highest BCUT2D eigenvalue weighted by Crippen LogP contribution is 2.25. The quantitative estimate of drug-likeness (QED) is 0.598. The van der Waals surface area contributed by atoms with Crippen molar-refractivity contribution in [3.63, 3.8) is 0 Å². The molecule has 1 aliphatic carbocycles. The second-order valence-corrected chi connectivity index (χ2v) is 5.93. The molecule has 1 aliphatic rings. The molecule has 0 bridgehead atoms. The summed E-state index contributed by atoms with van der Waals surface area (Å²) in [5.41, 5.74) is 2.13. The molecular formula is C17H19Cl2NO. The van der Waals surface area contributed by atoms with E-state index in [1.165, 1.54) is 37.3 Å². The fourth-order valence-electron chi connectivity index (χ4n) is 2.37. The van der Waals surface area contributed by atoms with E-state index in [4.69, 9.17) is 23.2 Å². The SMILES string of the molecule is O=C(/C=C/c1c(Cl)cccc1Cl)NCCC1=CCCCC1. The van der Waals surface area contributed by atoms with Gasteiger partial charge in [0.2, 0.25) is 5.91 Å². The van der Waals surface area contributed by atoms with Crippen LogP contribution in [0.25, 0.3) is 6.08 Å². The number of carbonyl (C=O) groups is 1. The van der Waals surface area contributed by atoms with Gasteiger partial charge in [-0.25, -0.2) is 0 Å². The summed E-state index contributed by atoms with van der Waals surface area (Å²) in [6, 6.07) is 5.28. The molecule has 0 unspecified atom stereocenters. The molecule has 112 valence electrons. The lowest BCUT2D eigenvalue weighted by atomic mass is 9.97. The van der Waals surface area contributed by atoms with E-state index in [-0.39, 0.29) is 5.91 Å². The zero-order valence-electron chi connectivity index (χ0n) is 11.9. The van der Waals surface area contributed by atoms with E-state index in [1.807, 2.05) is 0 Å². The van der Waals surface area contributed by atoms with Gasteiger partial charge in [0.15, 0.2) is 0 Å². The first kappa shape index (κ1) is 16.1. The second-order valence-electron chi connectivity index (χ2n) is 5.12. The van der Waals surface area contributed by atoms with Crippen LogP contribution in [0.5, 0.6) is 0 Å². The predicted molar refractivity (Wildman–Crippen MR) is 89.7 cm³/mol. The van der Waals surface area contributed by atoms with Crippen LogP contribution < -0.4 is 5.32 Å². The number of allylic oxidation sites excluding steroid dienone is 1. The summed E-state index contributed by atoms with van der Waals surface area (Å²) in [5, 5.41) is 3.97. The Morgan fingerprint density at radius 1 is 1.24 bits per heavy atom. The molecule has 0 saturated carbocycles. The number of nitrogens with one attached hydrogen (secondary N) is 1. The molecule has 4 heteroatoms. The number of halogens is 2. The van der Waals surface area contributed by atoms with Crippen LogP contribution in [-0.4, -0.2) is 12.5 Å². The van der Waals surface area contributed by atoms with Crippen molar-refractivity contribution in [2.75, 3.05) is 6.54 Å². The predicted octanol–water partition coefficient (Wildman–Crippen LogP) is 5.01. The third-order valence-corrected chi connectivity index (χ3v) is 4.19. The van der Waals surface area contributed by atoms with Gasteiger partial charge in [0, 0.05) is 28.2 Å². The van der Waals surface area contributed by atoms with E-state index in [9.17, 15) is 4.79 Å². The third kappa shape index (κ3) is 5.22. The maximum atomic E-state index is 11.8. The molecule has 0 aromatic heterocycles. The van der Waals surface area contributed by atoms with E-state index in [1.54, 1.807) is 24.3 Å². The molecule has 1 amide bonds. The Bertz CT molecular complexity index is 544. The molecule has 2 nitrogen and oxygen atoms in total. The first-order valence-electron chi connectivity index (χ1n) is 7.24. The van der Waals surface area contributed by atoms with Crippen LogP contribution in [0, 0.1) is 0 Å². The Labute approximate surface area is 135 Å². The zero-order chi connectivity index (χ0) is 15.1. The molecule has 0 atom stereocenters. The van der Waals surface area contributed by atoms with Gasteiger partial charge < -0.3 is 5.32 Å². The first-order chi connectivity index (χ1) is 10.2. The minimum Gasteiger partial charge on any atom is -0.352 e. The Balaban J connectivity index is 1.81. The molecule has 2 rings (SSSR count). The van der Waals surface area contributed by atoms with Crippen molar-refractivity contribution in [3.8, 4) is 0 Å². The molecule has 21 heavy (non-hydrogen) atoms. The molecular weight excluding hydrogens is 305 g/mol. The third-order valence-electron chi connectivity index (χ3n) is 3.53. The highest BCUT2D eigenvalue weighted by Gasteiger charge is 2.05. The van der Waals surface area contributed by atoms with E-state index < -0.39 is 0 Å². The molecule has 1 aromatic rings. The second kappa shape index (κ2) is 8.26. The number of hydrogen-bond acceptors (Lipinski definition) is 1. The van der Waals surface area contributed by atoms with Crippen molar-refractivity contribution in [2.45, 2.75) is 32.1 Å². The number of rotatable bonds is 5. The van der Waals surface area contributed by atoms with Crippen molar-refractivity contribution in [2.24, 2.45) is 0 Å². The lowest BCUT2D eigenvalue weighted by Crippen LogP contribution is -2.22. The first-order valence-corrected chi connectivity index (χ1v) is 8.00. The standard InChI is InChI=1S/C17H19Cl2NO/c18-15-7-4-8-16(19)14(15)9-10-17(21)20-12-11-13-5-2-1-3-6-13/h4-5,7-10H,1-3,6,11-12H2,(H,20,21)/b10-9+. The van der Waals surface area contributed by atoms with Gasteiger partial charge in [0.25, 0.3) is 0 Å². The van der Waals surface area contributed by atoms with Crippen molar-refractivity contribution < 1.29 is 4.79 Å². The summed E-state index contributed by atoms with van der Waals surface area (Å²) in [6.07, 6.45) is 11.3. The molecule has 0 spiro atoms. The Hall–Kier alpha value is -1.25. The monoisotopic (exact) mass is 323 g/mol. The topological polar surface area (TPSA) is 29.1 Å². The van der Waals surface area contributed by atoms with E-state index in [0.29, 0.717) is 22.2 Å². The van der Waals surface area contributed by atoms with Crippen LogP contribution in [0.15, 0.2) is 35.9 Å². The van der Waals surface area contributed by atoms with Crippen LogP contribution in [0.3, 0.4) is 0 Å². The summed E-state index contributed by atoms with van der Waals surface area (Å²) in [4.78, 5) is 11.8.